The highest BCUT2D eigenvalue weighted by molar-refractivity contribution is 6.18. The van der Waals surface area contributed by atoms with Crippen molar-refractivity contribution >= 4 is 17.3 Å². The quantitative estimate of drug-likeness (QED) is 0.606. The first-order valence-electron chi connectivity index (χ1n) is 8.00. The summed E-state index contributed by atoms with van der Waals surface area (Å²) < 4.78 is 1.71. The molecule has 23 heavy (non-hydrogen) atoms. The molecule has 0 N–H and O–H groups in total. The SMILES string of the molecule is O=C1CCCC([O-])=C1C1(C[n+]2ccccc2)C(=O)CCCC1=O. The largest absolute Gasteiger partial charge is 0.875 e. The minimum atomic E-state index is -1.58. The van der Waals surface area contributed by atoms with Crippen LogP contribution in [0, 0.1) is 5.41 Å². The lowest BCUT2D eigenvalue weighted by atomic mass is 9.64. The highest BCUT2D eigenvalue weighted by Crippen LogP contribution is 2.41. The number of hydrogen-bond acceptors (Lipinski definition) is 4. The fourth-order valence-electron chi connectivity index (χ4n) is 3.63. The van der Waals surface area contributed by atoms with Crippen molar-refractivity contribution in [2.75, 3.05) is 0 Å². The fraction of sp³-hybridized carbons (Fsp3) is 0.444. The molecule has 120 valence electrons. The number of carbonyl (C=O) groups is 3. The van der Waals surface area contributed by atoms with Crippen LogP contribution in [0.4, 0.5) is 0 Å². The Kier molecular flexibility index (Phi) is 4.11. The lowest BCUT2D eigenvalue weighted by Gasteiger charge is -2.38. The molecule has 0 amide bonds. The first kappa shape index (κ1) is 15.6. The zero-order chi connectivity index (χ0) is 16.4. The highest BCUT2D eigenvalue weighted by atomic mass is 16.3. The summed E-state index contributed by atoms with van der Waals surface area (Å²) >= 11 is 0. The van der Waals surface area contributed by atoms with E-state index in [9.17, 15) is 19.5 Å². The van der Waals surface area contributed by atoms with E-state index < -0.39 is 5.41 Å². The van der Waals surface area contributed by atoms with Crippen LogP contribution < -0.4 is 9.67 Å². The van der Waals surface area contributed by atoms with E-state index in [1.807, 2.05) is 6.07 Å². The minimum Gasteiger partial charge on any atom is -0.875 e. The molecule has 0 saturated heterocycles. The Balaban J connectivity index is 2.16. The van der Waals surface area contributed by atoms with E-state index in [4.69, 9.17) is 0 Å². The van der Waals surface area contributed by atoms with Crippen molar-refractivity contribution in [3.05, 3.63) is 41.9 Å². The van der Waals surface area contributed by atoms with Gasteiger partial charge in [0.2, 0.25) is 0 Å². The second kappa shape index (κ2) is 6.07. The molecule has 0 unspecified atom stereocenters. The molecular formula is C18H19NO4. The fourth-order valence-corrected chi connectivity index (χ4v) is 3.63. The summed E-state index contributed by atoms with van der Waals surface area (Å²) in [6.45, 7) is 0.0400. The molecule has 5 nitrogen and oxygen atoms in total. The van der Waals surface area contributed by atoms with Crippen molar-refractivity contribution in [1.82, 2.24) is 0 Å². The van der Waals surface area contributed by atoms with Gasteiger partial charge in [-0.3, -0.25) is 14.4 Å². The van der Waals surface area contributed by atoms with Gasteiger partial charge < -0.3 is 5.11 Å². The Morgan fingerprint density at radius 3 is 2.13 bits per heavy atom. The van der Waals surface area contributed by atoms with E-state index in [0.717, 1.165) is 0 Å². The van der Waals surface area contributed by atoms with Gasteiger partial charge in [0.05, 0.1) is 0 Å². The van der Waals surface area contributed by atoms with Gasteiger partial charge in [0.25, 0.3) is 0 Å². The maximum Gasteiger partial charge on any atom is 0.173 e. The Morgan fingerprint density at radius 1 is 0.913 bits per heavy atom. The summed E-state index contributed by atoms with van der Waals surface area (Å²) in [4.78, 5) is 37.9. The van der Waals surface area contributed by atoms with E-state index >= 15 is 0 Å². The van der Waals surface area contributed by atoms with Crippen LogP contribution in [0.2, 0.25) is 0 Å². The highest BCUT2D eigenvalue weighted by Gasteiger charge is 2.55. The van der Waals surface area contributed by atoms with Crippen LogP contribution in [0.1, 0.15) is 38.5 Å². The monoisotopic (exact) mass is 313 g/mol. The number of aromatic nitrogens is 1. The molecule has 0 spiro atoms. The third-order valence-electron chi connectivity index (χ3n) is 4.75. The number of pyridine rings is 1. The first-order chi connectivity index (χ1) is 11.1. The Hall–Kier alpha value is -2.30. The summed E-state index contributed by atoms with van der Waals surface area (Å²) in [6.07, 6.45) is 5.44. The summed E-state index contributed by atoms with van der Waals surface area (Å²) in [5, 5.41) is 12.4. The van der Waals surface area contributed by atoms with Crippen molar-refractivity contribution in [3.8, 4) is 0 Å². The number of hydrogen-bond donors (Lipinski definition) is 0. The van der Waals surface area contributed by atoms with Crippen LogP contribution in [0.15, 0.2) is 41.9 Å². The van der Waals surface area contributed by atoms with Gasteiger partial charge >= 0.3 is 0 Å². The number of allylic oxidation sites excluding steroid dienone is 2. The number of Topliss-reactive ketones (excluding diaryl/α,β-unsaturated/α-hetero) is 3. The Morgan fingerprint density at radius 2 is 1.52 bits per heavy atom. The number of carbonyl (C=O) groups excluding carboxylic acids is 3. The average Bonchev–Trinajstić information content (AvgIpc) is 2.53. The maximum atomic E-state index is 12.8. The van der Waals surface area contributed by atoms with Crippen LogP contribution in [0.5, 0.6) is 0 Å². The smallest absolute Gasteiger partial charge is 0.173 e. The molecule has 1 saturated carbocycles. The summed E-state index contributed by atoms with van der Waals surface area (Å²) in [5.74, 6) is -1.24. The molecule has 2 aliphatic carbocycles. The van der Waals surface area contributed by atoms with E-state index in [1.54, 1.807) is 29.1 Å². The van der Waals surface area contributed by atoms with Crippen molar-refractivity contribution in [1.29, 1.82) is 0 Å². The molecule has 0 aromatic carbocycles. The molecule has 1 fully saturated rings. The molecule has 0 radical (unpaired) electrons. The molecule has 0 aliphatic heterocycles. The third-order valence-corrected chi connectivity index (χ3v) is 4.75. The van der Waals surface area contributed by atoms with Gasteiger partial charge in [-0.1, -0.05) is 6.07 Å². The summed E-state index contributed by atoms with van der Waals surface area (Å²) in [5.41, 5.74) is -1.64. The van der Waals surface area contributed by atoms with E-state index in [0.29, 0.717) is 12.8 Å². The predicted octanol–water partition coefficient (Wildman–Crippen LogP) is 0.650. The molecule has 0 atom stereocenters. The molecule has 1 aromatic rings. The van der Waals surface area contributed by atoms with Gasteiger partial charge in [-0.2, -0.15) is 0 Å². The van der Waals surface area contributed by atoms with Crippen LogP contribution in [-0.2, 0) is 20.9 Å². The molecule has 5 heteroatoms. The van der Waals surface area contributed by atoms with E-state index in [-0.39, 0.29) is 60.9 Å². The summed E-state index contributed by atoms with van der Waals surface area (Å²) in [7, 11) is 0. The predicted molar refractivity (Wildman–Crippen MR) is 78.8 cm³/mol. The lowest BCUT2D eigenvalue weighted by molar-refractivity contribution is -0.703. The second-order valence-electron chi connectivity index (χ2n) is 6.23. The Labute approximate surface area is 134 Å². The van der Waals surface area contributed by atoms with Gasteiger partial charge in [-0.25, -0.2) is 4.57 Å². The van der Waals surface area contributed by atoms with Gasteiger partial charge in [-0.15, -0.1) is 5.76 Å². The van der Waals surface area contributed by atoms with Crippen LogP contribution >= 0.6 is 0 Å². The van der Waals surface area contributed by atoms with Crippen LogP contribution in [-0.4, -0.2) is 17.3 Å². The van der Waals surface area contributed by atoms with Crippen molar-refractivity contribution < 1.29 is 24.1 Å². The number of rotatable bonds is 3. The topological polar surface area (TPSA) is 78.2 Å². The van der Waals surface area contributed by atoms with Crippen LogP contribution in [0.25, 0.3) is 0 Å². The normalized spacial score (nSPS) is 21.7. The maximum absolute atomic E-state index is 12.8. The van der Waals surface area contributed by atoms with Gasteiger partial charge in [0, 0.05) is 37.0 Å². The van der Waals surface area contributed by atoms with Gasteiger partial charge in [-0.05, 0) is 19.3 Å². The third kappa shape index (κ3) is 2.60. The van der Waals surface area contributed by atoms with Crippen molar-refractivity contribution in [2.24, 2.45) is 5.41 Å². The molecule has 1 heterocycles. The standard InChI is InChI=1S/C18H19NO4/c20-13-6-4-7-14(21)17(13)18(12-19-10-2-1-3-11-19)15(22)8-5-9-16(18)23/h1-3,10-11H,4-9,12H2. The molecule has 3 rings (SSSR count). The lowest BCUT2D eigenvalue weighted by Crippen LogP contribution is -2.56. The number of ketones is 3. The zero-order valence-electron chi connectivity index (χ0n) is 12.9. The second-order valence-corrected chi connectivity index (χ2v) is 6.23. The molecule has 0 bridgehead atoms. The molecule has 2 aliphatic rings. The average molecular weight is 313 g/mol. The zero-order valence-corrected chi connectivity index (χ0v) is 12.9. The van der Waals surface area contributed by atoms with Gasteiger partial charge in [0.15, 0.2) is 41.7 Å². The minimum absolute atomic E-state index is 0.0400. The number of nitrogens with zero attached hydrogens (tertiary/aromatic N) is 1. The van der Waals surface area contributed by atoms with Crippen molar-refractivity contribution in [3.63, 3.8) is 0 Å². The van der Waals surface area contributed by atoms with Crippen LogP contribution in [0.3, 0.4) is 0 Å². The molecular weight excluding hydrogens is 294 g/mol. The van der Waals surface area contributed by atoms with E-state index in [2.05, 4.69) is 0 Å². The first-order valence-corrected chi connectivity index (χ1v) is 8.00. The van der Waals surface area contributed by atoms with Crippen molar-refractivity contribution in [2.45, 2.75) is 45.1 Å². The van der Waals surface area contributed by atoms with E-state index in [1.165, 1.54) is 0 Å². The molecule has 1 aromatic heterocycles. The summed E-state index contributed by atoms with van der Waals surface area (Å²) in [6, 6.07) is 5.42. The Bertz CT molecular complexity index is 674. The van der Waals surface area contributed by atoms with Gasteiger partial charge in [0.1, 0.15) is 0 Å².